The molecule has 0 radical (unpaired) electrons. The Hall–Kier alpha value is -0.396. The standard InChI is InChI=1S/C30H54O3Si2/c1-26(2,3)34(10,11)32-24-15-14-16-29(9)21(24)18-22-25(31)23-17-20(28(22,7)8)19-30(23,29)33-35(12,13)27(4,5)6/h15,20-23H,14,16-19H2,1-13H3/t20-,21+,22+,23-,29+,30+/m0/s1. The summed E-state index contributed by atoms with van der Waals surface area (Å²) in [6.07, 6.45) is 7.51. The highest BCUT2D eigenvalue weighted by atomic mass is 28.4. The molecule has 3 bridgehead atoms. The third-order valence-corrected chi connectivity index (χ3v) is 21.1. The summed E-state index contributed by atoms with van der Waals surface area (Å²) in [4.78, 5) is 14.3. The molecule has 3 nitrogen and oxygen atoms in total. The molecule has 3 fully saturated rings. The van der Waals surface area contributed by atoms with Crippen molar-refractivity contribution in [1.82, 2.24) is 0 Å². The first-order chi connectivity index (χ1) is 15.6. The molecule has 35 heavy (non-hydrogen) atoms. The van der Waals surface area contributed by atoms with Gasteiger partial charge in [-0.3, -0.25) is 4.79 Å². The molecule has 4 aliphatic carbocycles. The van der Waals surface area contributed by atoms with Crippen molar-refractivity contribution in [2.75, 3.05) is 0 Å². The maximum absolute atomic E-state index is 14.3. The van der Waals surface area contributed by atoms with Gasteiger partial charge in [-0.05, 0) is 85.8 Å². The van der Waals surface area contributed by atoms with Gasteiger partial charge in [-0.25, -0.2) is 0 Å². The maximum Gasteiger partial charge on any atom is 0.250 e. The number of rotatable bonds is 4. The van der Waals surface area contributed by atoms with Gasteiger partial charge in [0.1, 0.15) is 5.78 Å². The van der Waals surface area contributed by atoms with Gasteiger partial charge in [0.25, 0.3) is 0 Å². The number of Topliss-reactive ketones (excluding diaryl/α,β-unsaturated/α-hetero) is 1. The molecule has 3 saturated carbocycles. The van der Waals surface area contributed by atoms with Gasteiger partial charge in [-0.1, -0.05) is 62.3 Å². The van der Waals surface area contributed by atoms with Crippen LogP contribution in [0.5, 0.6) is 0 Å². The van der Waals surface area contributed by atoms with E-state index in [1.165, 1.54) is 5.76 Å². The first kappa shape index (κ1) is 27.6. The lowest BCUT2D eigenvalue weighted by Gasteiger charge is -2.59. The maximum atomic E-state index is 14.3. The molecular formula is C30H54O3Si2. The first-order valence-corrected chi connectivity index (χ1v) is 20.1. The van der Waals surface area contributed by atoms with Gasteiger partial charge < -0.3 is 8.85 Å². The van der Waals surface area contributed by atoms with Crippen molar-refractivity contribution in [3.63, 3.8) is 0 Å². The molecule has 0 heterocycles. The van der Waals surface area contributed by atoms with E-state index in [0.29, 0.717) is 11.7 Å². The van der Waals surface area contributed by atoms with Crippen LogP contribution in [0.2, 0.25) is 36.3 Å². The molecule has 0 saturated heterocycles. The fourth-order valence-electron chi connectivity index (χ4n) is 7.59. The molecule has 0 N–H and O–H groups in total. The smallest absolute Gasteiger partial charge is 0.250 e. The van der Waals surface area contributed by atoms with Crippen LogP contribution in [0.4, 0.5) is 0 Å². The molecule has 0 spiro atoms. The van der Waals surface area contributed by atoms with Crippen LogP contribution in [0.1, 0.15) is 94.4 Å². The summed E-state index contributed by atoms with van der Waals surface area (Å²) in [5, 5.41) is 0.258. The van der Waals surface area contributed by atoms with Gasteiger partial charge >= 0.3 is 0 Å². The molecule has 4 aliphatic rings. The number of hydrogen-bond donors (Lipinski definition) is 0. The second kappa shape index (κ2) is 7.82. The number of ketones is 1. The van der Waals surface area contributed by atoms with E-state index in [0.717, 1.165) is 32.1 Å². The Bertz CT molecular complexity index is 919. The minimum Gasteiger partial charge on any atom is -0.547 e. The number of hydrogen-bond acceptors (Lipinski definition) is 3. The molecule has 0 aromatic rings. The van der Waals surface area contributed by atoms with E-state index in [4.69, 9.17) is 8.85 Å². The van der Waals surface area contributed by atoms with Gasteiger partial charge in [-0.2, -0.15) is 0 Å². The average Bonchev–Trinajstić information content (AvgIpc) is 3.00. The van der Waals surface area contributed by atoms with Crippen LogP contribution >= 0.6 is 0 Å². The van der Waals surface area contributed by atoms with Crippen LogP contribution in [0.3, 0.4) is 0 Å². The van der Waals surface area contributed by atoms with E-state index >= 15 is 0 Å². The number of allylic oxidation sites excluding steroid dienone is 2. The van der Waals surface area contributed by atoms with Crippen molar-refractivity contribution in [2.24, 2.45) is 34.5 Å². The minimum absolute atomic E-state index is 0.0208. The van der Waals surface area contributed by atoms with Crippen molar-refractivity contribution in [3.05, 3.63) is 11.8 Å². The second-order valence-corrected chi connectivity index (χ2v) is 25.9. The van der Waals surface area contributed by atoms with Crippen LogP contribution in [0, 0.1) is 34.5 Å². The van der Waals surface area contributed by atoms with Crippen molar-refractivity contribution in [3.8, 4) is 0 Å². The van der Waals surface area contributed by atoms with E-state index in [9.17, 15) is 4.79 Å². The average molecular weight is 519 g/mol. The third kappa shape index (κ3) is 3.83. The summed E-state index contributed by atoms with van der Waals surface area (Å²) in [7, 11) is -4.12. The zero-order valence-corrected chi connectivity index (χ0v) is 27.1. The highest BCUT2D eigenvalue weighted by molar-refractivity contribution is 6.74. The quantitative estimate of drug-likeness (QED) is 0.349. The lowest BCUT2D eigenvalue weighted by molar-refractivity contribution is -0.144. The Labute approximate surface area is 218 Å². The van der Waals surface area contributed by atoms with Crippen LogP contribution in [-0.4, -0.2) is 28.0 Å². The summed E-state index contributed by atoms with van der Waals surface area (Å²) in [6, 6.07) is 0. The number of fused-ring (bicyclic) bond motifs is 4. The monoisotopic (exact) mass is 518 g/mol. The van der Waals surface area contributed by atoms with E-state index in [1.54, 1.807) is 0 Å². The predicted molar refractivity (Wildman–Crippen MR) is 151 cm³/mol. The van der Waals surface area contributed by atoms with Crippen LogP contribution in [-0.2, 0) is 13.6 Å². The van der Waals surface area contributed by atoms with E-state index < -0.39 is 16.6 Å². The topological polar surface area (TPSA) is 35.5 Å². The van der Waals surface area contributed by atoms with Gasteiger partial charge in [0.05, 0.1) is 11.4 Å². The molecule has 200 valence electrons. The number of carbonyl (C=O) groups is 1. The SMILES string of the molecule is CC1(C)[C@H]2C[C@H]3C(=O)[C@H]1C[C@@H]1C(O[Si](C)(C)C(C)(C)C)=CCC[C@@]1(C)[C@@]3(O[Si](C)(C)C(C)(C)C)C2. The van der Waals surface area contributed by atoms with Crippen molar-refractivity contribution >= 4 is 22.4 Å². The Morgan fingerprint density at radius 2 is 1.43 bits per heavy atom. The van der Waals surface area contributed by atoms with E-state index in [1.807, 2.05) is 0 Å². The van der Waals surface area contributed by atoms with Gasteiger partial charge in [-0.15, -0.1) is 0 Å². The molecule has 0 aromatic carbocycles. The van der Waals surface area contributed by atoms with Crippen molar-refractivity contribution in [2.45, 2.75) is 136 Å². The van der Waals surface area contributed by atoms with E-state index in [2.05, 4.69) is 94.6 Å². The summed E-state index contributed by atoms with van der Waals surface area (Å²) < 4.78 is 14.8. The van der Waals surface area contributed by atoms with Gasteiger partial charge in [0, 0.05) is 23.2 Å². The first-order valence-electron chi connectivity index (χ1n) is 14.2. The Kier molecular flexibility index (Phi) is 6.17. The number of carbonyl (C=O) groups excluding carboxylic acids is 1. The predicted octanol–water partition coefficient (Wildman–Crippen LogP) is 8.72. The molecular weight excluding hydrogens is 464 g/mol. The molecule has 0 aliphatic heterocycles. The zero-order valence-electron chi connectivity index (χ0n) is 25.1. The molecule has 4 rings (SSSR count). The van der Waals surface area contributed by atoms with Gasteiger partial charge in [0.15, 0.2) is 8.32 Å². The highest BCUT2D eigenvalue weighted by Crippen LogP contribution is 2.72. The molecule has 5 heteroatoms. The summed E-state index contributed by atoms with van der Waals surface area (Å²) >= 11 is 0. The molecule has 0 amide bonds. The second-order valence-electron chi connectivity index (χ2n) is 16.4. The fraction of sp³-hybridized carbons (Fsp3) is 0.900. The molecule has 6 atom stereocenters. The Morgan fingerprint density at radius 3 is 1.97 bits per heavy atom. The highest BCUT2D eigenvalue weighted by Gasteiger charge is 2.73. The summed E-state index contributed by atoms with van der Waals surface area (Å²) in [6.45, 7) is 30.8. The minimum atomic E-state index is -2.12. The van der Waals surface area contributed by atoms with Crippen LogP contribution in [0.25, 0.3) is 0 Å². The Morgan fingerprint density at radius 1 is 0.857 bits per heavy atom. The Balaban J connectivity index is 1.89. The van der Waals surface area contributed by atoms with Crippen molar-refractivity contribution in [1.29, 1.82) is 0 Å². The van der Waals surface area contributed by atoms with Gasteiger partial charge in [0.2, 0.25) is 8.32 Å². The molecule has 0 aromatic heterocycles. The molecule has 0 unspecified atom stereocenters. The van der Waals surface area contributed by atoms with Crippen LogP contribution < -0.4 is 0 Å². The van der Waals surface area contributed by atoms with E-state index in [-0.39, 0.29) is 44.3 Å². The lowest BCUT2D eigenvalue weighted by Crippen LogP contribution is -2.62. The third-order valence-electron chi connectivity index (χ3n) is 12.3. The fourth-order valence-corrected chi connectivity index (χ4v) is 10.4. The summed E-state index contributed by atoms with van der Waals surface area (Å²) in [5.41, 5.74) is -0.427. The largest absolute Gasteiger partial charge is 0.547 e. The van der Waals surface area contributed by atoms with Crippen LogP contribution in [0.15, 0.2) is 11.8 Å². The lowest BCUT2D eigenvalue weighted by atomic mass is 9.55. The van der Waals surface area contributed by atoms with Crippen molar-refractivity contribution < 1.29 is 13.6 Å². The zero-order chi connectivity index (χ0) is 26.6. The summed E-state index contributed by atoms with van der Waals surface area (Å²) in [5.74, 6) is 2.67. The normalized spacial score (nSPS) is 39.2.